The topological polar surface area (TPSA) is 96.0 Å². The SMILES string of the molecule is CC(C)S(=O)(=O)c1ccc(C(=O)N(C)c2ncn[nH]2)cc1. The molecule has 1 amide bonds. The predicted octanol–water partition coefficient (Wildman–Crippen LogP) is 1.26. The smallest absolute Gasteiger partial charge is 0.260 e. The Bertz CT molecular complexity index is 721. The first kappa shape index (κ1) is 15.2. The Morgan fingerprint density at radius 3 is 2.33 bits per heavy atom. The van der Waals surface area contributed by atoms with E-state index < -0.39 is 15.1 Å². The highest BCUT2D eigenvalue weighted by atomic mass is 32.2. The van der Waals surface area contributed by atoms with Gasteiger partial charge in [-0.15, -0.1) is 0 Å². The van der Waals surface area contributed by atoms with Gasteiger partial charge in [-0.25, -0.2) is 13.5 Å². The lowest BCUT2D eigenvalue weighted by Crippen LogP contribution is -2.27. The van der Waals surface area contributed by atoms with Crippen molar-refractivity contribution < 1.29 is 13.2 Å². The van der Waals surface area contributed by atoms with E-state index in [9.17, 15) is 13.2 Å². The van der Waals surface area contributed by atoms with E-state index in [4.69, 9.17) is 0 Å². The van der Waals surface area contributed by atoms with Crippen LogP contribution in [0.5, 0.6) is 0 Å². The third-order valence-corrected chi connectivity index (χ3v) is 5.25. The summed E-state index contributed by atoms with van der Waals surface area (Å²) in [6.07, 6.45) is 1.30. The number of benzene rings is 1. The number of aromatic nitrogens is 3. The number of aromatic amines is 1. The highest BCUT2D eigenvalue weighted by molar-refractivity contribution is 7.92. The molecule has 0 fully saturated rings. The molecular weight excluding hydrogens is 292 g/mol. The first-order valence-electron chi connectivity index (χ1n) is 6.31. The number of sulfone groups is 1. The zero-order chi connectivity index (χ0) is 15.6. The van der Waals surface area contributed by atoms with Crippen molar-refractivity contribution in [1.82, 2.24) is 15.2 Å². The van der Waals surface area contributed by atoms with Crippen LogP contribution in [0.2, 0.25) is 0 Å². The van der Waals surface area contributed by atoms with Crippen molar-refractivity contribution in [3.05, 3.63) is 36.2 Å². The second-order valence-corrected chi connectivity index (χ2v) is 7.30. The van der Waals surface area contributed by atoms with Gasteiger partial charge in [0.2, 0.25) is 5.95 Å². The van der Waals surface area contributed by atoms with Gasteiger partial charge in [0, 0.05) is 12.6 Å². The molecule has 0 aliphatic heterocycles. The summed E-state index contributed by atoms with van der Waals surface area (Å²) in [5.41, 5.74) is 0.372. The average Bonchev–Trinajstić information content (AvgIpc) is 3.00. The summed E-state index contributed by atoms with van der Waals surface area (Å²) in [6.45, 7) is 3.23. The molecule has 112 valence electrons. The van der Waals surface area contributed by atoms with Gasteiger partial charge in [-0.1, -0.05) is 0 Å². The number of amides is 1. The molecule has 1 N–H and O–H groups in total. The number of H-pyrrole nitrogens is 1. The van der Waals surface area contributed by atoms with Crippen LogP contribution in [-0.2, 0) is 9.84 Å². The van der Waals surface area contributed by atoms with E-state index in [0.29, 0.717) is 11.5 Å². The minimum Gasteiger partial charge on any atom is -0.280 e. The summed E-state index contributed by atoms with van der Waals surface area (Å²) in [5, 5.41) is 5.76. The van der Waals surface area contributed by atoms with Crippen LogP contribution < -0.4 is 4.90 Å². The first-order chi connectivity index (χ1) is 9.84. The quantitative estimate of drug-likeness (QED) is 0.917. The molecule has 21 heavy (non-hydrogen) atoms. The molecule has 0 atom stereocenters. The maximum Gasteiger partial charge on any atom is 0.260 e. The van der Waals surface area contributed by atoms with Crippen LogP contribution in [0.4, 0.5) is 5.95 Å². The Morgan fingerprint density at radius 2 is 1.86 bits per heavy atom. The van der Waals surface area contributed by atoms with Crippen LogP contribution in [0.3, 0.4) is 0 Å². The molecule has 2 rings (SSSR count). The highest BCUT2D eigenvalue weighted by Crippen LogP contribution is 2.17. The second kappa shape index (κ2) is 5.65. The van der Waals surface area contributed by atoms with Crippen molar-refractivity contribution in [2.24, 2.45) is 0 Å². The molecule has 2 aromatic rings. The standard InChI is InChI=1S/C13H16N4O3S/c1-9(2)21(19,20)11-6-4-10(5-7-11)12(18)17(3)13-14-8-15-16-13/h4-9H,1-3H3,(H,14,15,16). The Labute approximate surface area is 122 Å². The number of carbonyl (C=O) groups excluding carboxylic acids is 1. The van der Waals surface area contributed by atoms with E-state index in [1.54, 1.807) is 20.9 Å². The van der Waals surface area contributed by atoms with Crippen molar-refractivity contribution in [3.63, 3.8) is 0 Å². The van der Waals surface area contributed by atoms with E-state index in [-0.39, 0.29) is 10.8 Å². The van der Waals surface area contributed by atoms with E-state index in [1.165, 1.54) is 35.5 Å². The largest absolute Gasteiger partial charge is 0.280 e. The Morgan fingerprint density at radius 1 is 1.24 bits per heavy atom. The Balaban J connectivity index is 2.26. The third kappa shape index (κ3) is 2.94. The summed E-state index contributed by atoms with van der Waals surface area (Å²) in [6, 6.07) is 5.86. The van der Waals surface area contributed by atoms with Crippen LogP contribution in [0.25, 0.3) is 0 Å². The van der Waals surface area contributed by atoms with Crippen LogP contribution in [0.15, 0.2) is 35.5 Å². The number of carbonyl (C=O) groups is 1. The van der Waals surface area contributed by atoms with Gasteiger partial charge < -0.3 is 0 Å². The molecule has 1 aromatic carbocycles. The fourth-order valence-corrected chi connectivity index (χ4v) is 2.77. The fraction of sp³-hybridized carbons (Fsp3) is 0.308. The van der Waals surface area contributed by atoms with Gasteiger partial charge in [0.15, 0.2) is 9.84 Å². The molecule has 0 saturated heterocycles. The van der Waals surface area contributed by atoms with Crippen LogP contribution in [0, 0.1) is 0 Å². The van der Waals surface area contributed by atoms with Crippen LogP contribution in [0.1, 0.15) is 24.2 Å². The summed E-state index contributed by atoms with van der Waals surface area (Å²) in [5.74, 6) is 0.0131. The molecular formula is C13H16N4O3S. The summed E-state index contributed by atoms with van der Waals surface area (Å²) in [7, 11) is -1.78. The molecule has 1 heterocycles. The van der Waals surface area contributed by atoms with Crippen molar-refractivity contribution in [1.29, 1.82) is 0 Å². The lowest BCUT2D eigenvalue weighted by Gasteiger charge is -2.14. The molecule has 7 nitrogen and oxygen atoms in total. The van der Waals surface area contributed by atoms with Gasteiger partial charge in [-0.05, 0) is 38.1 Å². The van der Waals surface area contributed by atoms with Gasteiger partial charge in [0.05, 0.1) is 10.1 Å². The minimum absolute atomic E-state index is 0.205. The van der Waals surface area contributed by atoms with Crippen molar-refractivity contribution in [3.8, 4) is 0 Å². The van der Waals surface area contributed by atoms with Crippen LogP contribution in [-0.4, -0.2) is 41.8 Å². The molecule has 8 heteroatoms. The zero-order valence-electron chi connectivity index (χ0n) is 11.9. The van der Waals surface area contributed by atoms with Crippen LogP contribution >= 0.6 is 0 Å². The fourth-order valence-electron chi connectivity index (χ4n) is 1.71. The predicted molar refractivity (Wildman–Crippen MR) is 77.9 cm³/mol. The molecule has 0 radical (unpaired) electrons. The molecule has 0 spiro atoms. The molecule has 0 aliphatic carbocycles. The highest BCUT2D eigenvalue weighted by Gasteiger charge is 2.20. The maximum atomic E-state index is 12.2. The number of hydrogen-bond acceptors (Lipinski definition) is 5. The third-order valence-electron chi connectivity index (χ3n) is 3.08. The number of nitrogens with zero attached hydrogens (tertiary/aromatic N) is 3. The Kier molecular flexibility index (Phi) is 4.08. The van der Waals surface area contributed by atoms with Crippen molar-refractivity contribution in [2.75, 3.05) is 11.9 Å². The second-order valence-electron chi connectivity index (χ2n) is 4.79. The monoisotopic (exact) mass is 308 g/mol. The lowest BCUT2D eigenvalue weighted by atomic mass is 10.2. The molecule has 1 aromatic heterocycles. The molecule has 0 bridgehead atoms. The average molecular weight is 308 g/mol. The van der Waals surface area contributed by atoms with E-state index in [0.717, 1.165) is 0 Å². The summed E-state index contributed by atoms with van der Waals surface area (Å²) >= 11 is 0. The minimum atomic E-state index is -3.34. The van der Waals surface area contributed by atoms with E-state index in [2.05, 4.69) is 15.2 Å². The number of anilines is 1. The summed E-state index contributed by atoms with van der Waals surface area (Å²) < 4.78 is 24.0. The van der Waals surface area contributed by atoms with E-state index >= 15 is 0 Å². The molecule has 0 unspecified atom stereocenters. The number of rotatable bonds is 4. The van der Waals surface area contributed by atoms with Gasteiger partial charge in [-0.2, -0.15) is 10.1 Å². The number of nitrogens with one attached hydrogen (secondary N) is 1. The first-order valence-corrected chi connectivity index (χ1v) is 7.86. The zero-order valence-corrected chi connectivity index (χ0v) is 12.8. The van der Waals surface area contributed by atoms with Gasteiger partial charge >= 0.3 is 0 Å². The molecule has 0 aliphatic rings. The van der Waals surface area contributed by atoms with Crippen molar-refractivity contribution in [2.45, 2.75) is 24.0 Å². The normalized spacial score (nSPS) is 11.6. The molecule has 0 saturated carbocycles. The van der Waals surface area contributed by atoms with Gasteiger partial charge in [0.25, 0.3) is 5.91 Å². The Hall–Kier alpha value is -2.22. The lowest BCUT2D eigenvalue weighted by molar-refractivity contribution is 0.0991. The maximum absolute atomic E-state index is 12.2. The van der Waals surface area contributed by atoms with Crippen molar-refractivity contribution >= 4 is 21.7 Å². The van der Waals surface area contributed by atoms with Gasteiger partial charge in [-0.3, -0.25) is 9.69 Å². The summed E-state index contributed by atoms with van der Waals surface area (Å²) in [4.78, 5) is 17.6. The van der Waals surface area contributed by atoms with E-state index in [1.807, 2.05) is 0 Å². The number of hydrogen-bond donors (Lipinski definition) is 1. The van der Waals surface area contributed by atoms with Gasteiger partial charge in [0.1, 0.15) is 6.33 Å².